The summed E-state index contributed by atoms with van der Waals surface area (Å²) in [5.74, 6) is 1.08. The first kappa shape index (κ1) is 18.5. The number of carbonyl (C=O) groups is 2. The molecule has 1 aliphatic heterocycles. The van der Waals surface area contributed by atoms with E-state index in [2.05, 4.69) is 36.6 Å². The van der Waals surface area contributed by atoms with Crippen molar-refractivity contribution in [3.05, 3.63) is 41.3 Å². The number of amides is 2. The van der Waals surface area contributed by atoms with Crippen molar-refractivity contribution in [3.8, 4) is 5.75 Å². The number of aryl methyl sites for hydroxylation is 1. The van der Waals surface area contributed by atoms with Crippen molar-refractivity contribution < 1.29 is 18.8 Å². The summed E-state index contributed by atoms with van der Waals surface area (Å²) in [6, 6.07) is 6.37. The second-order valence-corrected chi connectivity index (χ2v) is 8.56. The topological polar surface area (TPSA) is 93.5 Å². The summed E-state index contributed by atoms with van der Waals surface area (Å²) in [5, 5.41) is 9.55. The maximum Gasteiger partial charge on any atom is 0.274 e. The van der Waals surface area contributed by atoms with E-state index in [9.17, 15) is 9.59 Å². The molecule has 2 N–H and O–H groups in total. The van der Waals surface area contributed by atoms with Gasteiger partial charge in [0.15, 0.2) is 5.69 Å². The first-order valence-corrected chi connectivity index (χ1v) is 9.64. The Bertz CT molecular complexity index is 913. The van der Waals surface area contributed by atoms with Gasteiger partial charge in [-0.1, -0.05) is 38.1 Å². The third kappa shape index (κ3) is 3.48. The van der Waals surface area contributed by atoms with Crippen molar-refractivity contribution in [1.82, 2.24) is 10.5 Å². The van der Waals surface area contributed by atoms with Crippen molar-refractivity contribution in [2.75, 3.05) is 11.9 Å². The second-order valence-electron chi connectivity index (χ2n) is 8.56. The largest absolute Gasteiger partial charge is 0.489 e. The summed E-state index contributed by atoms with van der Waals surface area (Å²) in [6.07, 6.45) is 2.55. The van der Waals surface area contributed by atoms with Gasteiger partial charge >= 0.3 is 0 Å². The van der Waals surface area contributed by atoms with Crippen LogP contribution in [0.5, 0.6) is 5.75 Å². The summed E-state index contributed by atoms with van der Waals surface area (Å²) in [6.45, 7) is 6.68. The summed E-state index contributed by atoms with van der Waals surface area (Å²) in [7, 11) is 0. The van der Waals surface area contributed by atoms with Crippen LogP contribution in [0.15, 0.2) is 28.8 Å². The Balaban J connectivity index is 1.50. The fraction of sp³-hybridized carbons (Fsp3) is 0.476. The third-order valence-corrected chi connectivity index (χ3v) is 5.65. The lowest BCUT2D eigenvalue weighted by Gasteiger charge is -2.33. The van der Waals surface area contributed by atoms with Crippen molar-refractivity contribution in [2.24, 2.45) is 11.3 Å². The molecule has 2 aromatic rings. The van der Waals surface area contributed by atoms with E-state index in [0.717, 1.165) is 30.6 Å². The average Bonchev–Trinajstić information content (AvgIpc) is 3.01. The zero-order valence-electron chi connectivity index (χ0n) is 16.4. The predicted octanol–water partition coefficient (Wildman–Crippen LogP) is 2.96. The number of hydrogen-bond donors (Lipinski definition) is 2. The fourth-order valence-electron chi connectivity index (χ4n) is 3.82. The van der Waals surface area contributed by atoms with Crippen LogP contribution >= 0.6 is 0 Å². The van der Waals surface area contributed by atoms with Crippen molar-refractivity contribution in [2.45, 2.75) is 46.1 Å². The zero-order valence-corrected chi connectivity index (χ0v) is 16.4. The number of carbonyl (C=O) groups excluding carboxylic acids is 2. The Kier molecular flexibility index (Phi) is 4.61. The number of benzene rings is 1. The molecule has 0 saturated carbocycles. The lowest BCUT2D eigenvalue weighted by atomic mass is 9.71. The van der Waals surface area contributed by atoms with E-state index in [0.29, 0.717) is 17.4 Å². The van der Waals surface area contributed by atoms with Gasteiger partial charge in [-0.3, -0.25) is 9.59 Å². The first-order valence-electron chi connectivity index (χ1n) is 9.64. The van der Waals surface area contributed by atoms with Crippen LogP contribution in [0.2, 0.25) is 0 Å². The number of fused-ring (bicyclic) bond motifs is 2. The second kappa shape index (κ2) is 6.96. The van der Waals surface area contributed by atoms with Crippen LogP contribution in [0.25, 0.3) is 0 Å². The van der Waals surface area contributed by atoms with E-state index in [1.54, 1.807) is 12.1 Å². The van der Waals surface area contributed by atoms with Gasteiger partial charge in [-0.15, -0.1) is 0 Å². The van der Waals surface area contributed by atoms with Gasteiger partial charge in [0.25, 0.3) is 11.8 Å². The highest BCUT2D eigenvalue weighted by molar-refractivity contribution is 6.02. The highest BCUT2D eigenvalue weighted by atomic mass is 16.5. The number of nitrogens with one attached hydrogen (secondary N) is 2. The van der Waals surface area contributed by atoms with Gasteiger partial charge in [-0.2, -0.15) is 0 Å². The van der Waals surface area contributed by atoms with Crippen molar-refractivity contribution >= 4 is 17.5 Å². The number of aromatic nitrogens is 1. The lowest BCUT2D eigenvalue weighted by Crippen LogP contribution is -2.46. The van der Waals surface area contributed by atoms with Gasteiger partial charge in [0, 0.05) is 12.0 Å². The molecule has 7 heteroatoms. The molecule has 2 heterocycles. The Labute approximate surface area is 163 Å². The Morgan fingerprint density at radius 3 is 2.86 bits per heavy atom. The molecule has 2 amide bonds. The van der Waals surface area contributed by atoms with Crippen molar-refractivity contribution in [1.29, 1.82) is 0 Å². The van der Waals surface area contributed by atoms with E-state index < -0.39 is 11.9 Å². The lowest BCUT2D eigenvalue weighted by molar-refractivity contribution is -0.118. The Morgan fingerprint density at radius 2 is 2.07 bits per heavy atom. The molecule has 28 heavy (non-hydrogen) atoms. The van der Waals surface area contributed by atoms with E-state index in [1.807, 2.05) is 12.1 Å². The minimum Gasteiger partial charge on any atom is -0.489 e. The highest BCUT2D eigenvalue weighted by Gasteiger charge is 2.35. The summed E-state index contributed by atoms with van der Waals surface area (Å²) in [5.41, 5.74) is 1.88. The molecule has 4 rings (SSSR count). The SMILES string of the molecule is CC(C)(C)C1CCc2onc(C(=O)NC3COc4ccccc4NC3=O)c2C1. The molecule has 0 saturated heterocycles. The molecule has 1 aliphatic carbocycles. The molecule has 1 aromatic carbocycles. The van der Waals surface area contributed by atoms with Gasteiger partial charge < -0.3 is 19.9 Å². The third-order valence-electron chi connectivity index (χ3n) is 5.65. The maximum absolute atomic E-state index is 12.9. The van der Waals surface area contributed by atoms with Crippen LogP contribution in [-0.4, -0.2) is 29.6 Å². The molecule has 0 fully saturated rings. The van der Waals surface area contributed by atoms with E-state index >= 15 is 0 Å². The van der Waals surface area contributed by atoms with Gasteiger partial charge in [0.2, 0.25) is 0 Å². The Morgan fingerprint density at radius 1 is 1.29 bits per heavy atom. The quantitative estimate of drug-likeness (QED) is 0.832. The molecule has 148 valence electrons. The van der Waals surface area contributed by atoms with Crippen LogP contribution < -0.4 is 15.4 Å². The van der Waals surface area contributed by atoms with Gasteiger partial charge in [0.05, 0.1) is 5.69 Å². The molecule has 2 unspecified atom stereocenters. The normalized spacial score (nSPS) is 21.6. The van der Waals surface area contributed by atoms with E-state index in [-0.39, 0.29) is 23.6 Å². The van der Waals surface area contributed by atoms with Crippen LogP contribution in [0, 0.1) is 11.3 Å². The number of hydrogen-bond acceptors (Lipinski definition) is 5. The molecule has 0 bridgehead atoms. The molecule has 2 aliphatic rings. The van der Waals surface area contributed by atoms with Crippen LogP contribution in [0.3, 0.4) is 0 Å². The molecule has 2 atom stereocenters. The number of para-hydroxylation sites is 2. The molecular weight excluding hydrogens is 358 g/mol. The minimum absolute atomic E-state index is 0.0548. The molecule has 0 radical (unpaired) electrons. The number of rotatable bonds is 2. The smallest absolute Gasteiger partial charge is 0.274 e. The van der Waals surface area contributed by atoms with Gasteiger partial charge in [-0.25, -0.2) is 0 Å². The molecule has 1 aromatic heterocycles. The first-order chi connectivity index (χ1) is 13.3. The average molecular weight is 383 g/mol. The molecular formula is C21H25N3O4. The number of anilines is 1. The highest BCUT2D eigenvalue weighted by Crippen LogP contribution is 2.38. The monoisotopic (exact) mass is 383 g/mol. The molecule has 0 spiro atoms. The van der Waals surface area contributed by atoms with Crippen LogP contribution in [0.4, 0.5) is 5.69 Å². The minimum atomic E-state index is -0.811. The number of ether oxygens (including phenoxy) is 1. The summed E-state index contributed by atoms with van der Waals surface area (Å²) in [4.78, 5) is 25.4. The van der Waals surface area contributed by atoms with Crippen molar-refractivity contribution in [3.63, 3.8) is 0 Å². The standard InChI is InChI=1S/C21H25N3O4/c1-21(2,3)12-8-9-16-13(10-12)18(24-28-16)20(26)23-15-11-27-17-7-5-4-6-14(17)22-19(15)25/h4-7,12,15H,8-11H2,1-3H3,(H,22,25)(H,23,26). The van der Waals surface area contributed by atoms with Gasteiger partial charge in [0.1, 0.15) is 24.2 Å². The van der Waals surface area contributed by atoms with Crippen LogP contribution in [0.1, 0.15) is 49.0 Å². The maximum atomic E-state index is 12.9. The fourth-order valence-corrected chi connectivity index (χ4v) is 3.82. The zero-order chi connectivity index (χ0) is 19.9. The molecule has 7 nitrogen and oxygen atoms in total. The Hall–Kier alpha value is -2.83. The number of nitrogens with zero attached hydrogens (tertiary/aromatic N) is 1. The summed E-state index contributed by atoms with van der Waals surface area (Å²) >= 11 is 0. The summed E-state index contributed by atoms with van der Waals surface area (Å²) < 4.78 is 11.1. The predicted molar refractivity (Wildman–Crippen MR) is 103 cm³/mol. The van der Waals surface area contributed by atoms with Crippen LogP contribution in [-0.2, 0) is 17.6 Å². The van der Waals surface area contributed by atoms with Gasteiger partial charge in [-0.05, 0) is 36.3 Å². The van der Waals surface area contributed by atoms with E-state index in [4.69, 9.17) is 9.26 Å². The van der Waals surface area contributed by atoms with E-state index in [1.165, 1.54) is 0 Å².